The number of aromatic nitrogens is 2. The van der Waals surface area contributed by atoms with Crippen molar-refractivity contribution in [3.63, 3.8) is 0 Å². The van der Waals surface area contributed by atoms with Crippen LogP contribution in [0.15, 0.2) is 21.9 Å². The molecular formula is C24H38FN4O12P. The van der Waals surface area contributed by atoms with E-state index in [4.69, 9.17) is 32.9 Å². The van der Waals surface area contributed by atoms with E-state index >= 15 is 4.39 Å². The Balaban J connectivity index is 1.92. The van der Waals surface area contributed by atoms with Crippen LogP contribution in [-0.4, -0.2) is 83.5 Å². The van der Waals surface area contributed by atoms with Crippen molar-refractivity contribution >= 4 is 19.6 Å². The highest BCUT2D eigenvalue weighted by molar-refractivity contribution is 7.54. The van der Waals surface area contributed by atoms with Crippen molar-refractivity contribution in [1.82, 2.24) is 19.7 Å². The van der Waals surface area contributed by atoms with E-state index in [0.29, 0.717) is 0 Å². The summed E-state index contributed by atoms with van der Waals surface area (Å²) >= 11 is 0. The number of ether oxygens (including phenoxy) is 6. The lowest BCUT2D eigenvalue weighted by Gasteiger charge is -2.30. The van der Waals surface area contributed by atoms with Crippen LogP contribution in [0.2, 0.25) is 0 Å². The second kappa shape index (κ2) is 13.0. The number of fused-ring (bicyclic) bond motifs is 1. The predicted molar refractivity (Wildman–Crippen MR) is 142 cm³/mol. The Morgan fingerprint density at radius 1 is 1.07 bits per heavy atom. The molecule has 3 rings (SSSR count). The number of nitrogens with zero attached hydrogens (tertiary/aromatic N) is 1. The third-order valence-corrected chi connectivity index (χ3v) is 8.13. The Bertz CT molecular complexity index is 1270. The molecule has 42 heavy (non-hydrogen) atoms. The maximum Gasteiger partial charge on any atom is 0.342 e. The monoisotopic (exact) mass is 624 g/mol. The van der Waals surface area contributed by atoms with Crippen LogP contribution >= 0.6 is 7.67 Å². The van der Waals surface area contributed by atoms with Crippen molar-refractivity contribution in [2.45, 2.75) is 103 Å². The number of aromatic amines is 1. The van der Waals surface area contributed by atoms with E-state index in [2.05, 4.69) is 15.2 Å². The Labute approximate surface area is 241 Å². The Morgan fingerprint density at radius 2 is 1.62 bits per heavy atom. The van der Waals surface area contributed by atoms with Gasteiger partial charge >= 0.3 is 25.3 Å². The van der Waals surface area contributed by atoms with E-state index in [1.54, 1.807) is 27.7 Å². The number of esters is 2. The maximum atomic E-state index is 16.7. The molecule has 1 unspecified atom stereocenters. The summed E-state index contributed by atoms with van der Waals surface area (Å²) in [6.45, 7) is 8.04. The van der Waals surface area contributed by atoms with Crippen LogP contribution in [0.4, 0.5) is 4.39 Å². The average Bonchev–Trinajstić information content (AvgIpc) is 3.33. The molecule has 2 aliphatic heterocycles. The number of carbonyl (C=O) groups excluding carboxylic acids is 2. The van der Waals surface area contributed by atoms with Gasteiger partial charge in [0.1, 0.15) is 24.3 Å². The lowest BCUT2D eigenvalue weighted by Crippen LogP contribution is -2.49. The summed E-state index contributed by atoms with van der Waals surface area (Å²) in [7, 11) is -3.23. The van der Waals surface area contributed by atoms with Crippen molar-refractivity contribution in [1.29, 1.82) is 0 Å². The number of H-pyrrole nitrogens is 1. The molecule has 7 atom stereocenters. The summed E-state index contributed by atoms with van der Waals surface area (Å²) in [5, 5.41) is 4.90. The smallest absolute Gasteiger partial charge is 0.342 e. The number of methoxy groups -OCH3 is 1. The molecule has 1 aromatic heterocycles. The first-order chi connectivity index (χ1) is 19.4. The number of nitrogens with one attached hydrogen (secondary N) is 3. The zero-order valence-corrected chi connectivity index (χ0v) is 25.5. The number of carbonyl (C=O) groups is 2. The van der Waals surface area contributed by atoms with Crippen LogP contribution in [0.5, 0.6) is 0 Å². The van der Waals surface area contributed by atoms with E-state index in [9.17, 15) is 23.7 Å². The van der Waals surface area contributed by atoms with Crippen LogP contribution in [-0.2, 0) is 47.1 Å². The number of hydrogen-bond donors (Lipinski definition) is 3. The Morgan fingerprint density at radius 3 is 2.10 bits per heavy atom. The zero-order chi connectivity index (χ0) is 31.6. The summed E-state index contributed by atoms with van der Waals surface area (Å²) in [5.41, 5.74) is -3.34. The second-order valence-electron chi connectivity index (χ2n) is 10.6. The summed E-state index contributed by atoms with van der Waals surface area (Å²) in [4.78, 5) is 51.1. The fourth-order valence-electron chi connectivity index (χ4n) is 4.36. The van der Waals surface area contributed by atoms with Gasteiger partial charge in [0.25, 0.3) is 17.9 Å². The summed E-state index contributed by atoms with van der Waals surface area (Å²) in [6.07, 6.45) is -3.02. The zero-order valence-electron chi connectivity index (χ0n) is 24.6. The van der Waals surface area contributed by atoms with Gasteiger partial charge in [-0.1, -0.05) is 0 Å². The maximum absolute atomic E-state index is 16.7. The standard InChI is InChI=1S/C24H38FN4O12P/c1-12(2)37-17(31)14(5)27-42(34,28-15(6)18(32)38-13(3)4)36-11-24(25)19-23(7,41-22(35-8)39-19)20(40-24)29-10-9-16(30)26-21(29)33/h9-10,12-15,19-20,22H,11H2,1-8H3,(H,26,30,33)(H2,27,28,34)/t14-,15-,19-,20+,22?,23+,24+/m0/s1. The van der Waals surface area contributed by atoms with Crippen molar-refractivity contribution in [2.75, 3.05) is 13.7 Å². The minimum Gasteiger partial charge on any atom is -0.462 e. The Hall–Kier alpha value is -2.50. The largest absolute Gasteiger partial charge is 0.462 e. The molecule has 3 N–H and O–H groups in total. The molecule has 3 heterocycles. The number of rotatable bonds is 13. The highest BCUT2D eigenvalue weighted by atomic mass is 31.2. The molecule has 238 valence electrons. The van der Waals surface area contributed by atoms with Crippen LogP contribution in [0.3, 0.4) is 0 Å². The van der Waals surface area contributed by atoms with E-state index < -0.39 is 92.0 Å². The fraction of sp³-hybridized carbons (Fsp3) is 0.750. The summed E-state index contributed by atoms with van der Waals surface area (Å²) in [5.74, 6) is -4.52. The van der Waals surface area contributed by atoms with Gasteiger partial charge in [0.2, 0.25) is 0 Å². The number of halogens is 1. The molecule has 0 spiro atoms. The Kier molecular flexibility index (Phi) is 10.5. The molecule has 1 aromatic rings. The quantitative estimate of drug-likeness (QED) is 0.206. The van der Waals surface area contributed by atoms with Gasteiger partial charge in [-0.3, -0.25) is 33.0 Å². The van der Waals surface area contributed by atoms with E-state index in [1.165, 1.54) is 27.9 Å². The van der Waals surface area contributed by atoms with Gasteiger partial charge in [0, 0.05) is 19.4 Å². The minimum absolute atomic E-state index is 0.491. The van der Waals surface area contributed by atoms with E-state index in [-0.39, 0.29) is 0 Å². The first-order valence-corrected chi connectivity index (χ1v) is 14.8. The molecule has 0 amide bonds. The molecule has 16 nitrogen and oxygen atoms in total. The highest BCUT2D eigenvalue weighted by Crippen LogP contribution is 2.54. The average molecular weight is 625 g/mol. The first kappa shape index (κ1) is 34.0. The van der Waals surface area contributed by atoms with Crippen molar-refractivity contribution in [3.05, 3.63) is 33.1 Å². The third-order valence-electron chi connectivity index (χ3n) is 6.18. The van der Waals surface area contributed by atoms with Gasteiger partial charge in [-0.15, -0.1) is 0 Å². The van der Waals surface area contributed by atoms with Gasteiger partial charge in [-0.2, -0.15) is 0 Å². The normalized spacial score (nSPS) is 29.0. The molecule has 2 aliphatic rings. The number of hydrogen-bond acceptors (Lipinski definition) is 12. The molecule has 0 aromatic carbocycles. The minimum atomic E-state index is -4.47. The van der Waals surface area contributed by atoms with Crippen LogP contribution < -0.4 is 21.4 Å². The van der Waals surface area contributed by atoms with Gasteiger partial charge in [0.05, 0.1) is 12.2 Å². The third kappa shape index (κ3) is 7.52. The molecule has 0 bridgehead atoms. The fourth-order valence-corrected chi connectivity index (χ4v) is 6.17. The SMILES string of the molecule is COC1O[C@H]2[C@@](C)(O1)[C@H](n1ccc(=O)[nH]c1=O)O[C@]2(F)COP(=O)(N[C@@H](C)C(=O)OC(C)C)N[C@@H](C)C(=O)OC(C)C. The topological polar surface area (TPSA) is 195 Å². The van der Waals surface area contributed by atoms with E-state index in [1.807, 2.05) is 0 Å². The van der Waals surface area contributed by atoms with Crippen LogP contribution in [0, 0.1) is 0 Å². The molecule has 0 saturated carbocycles. The van der Waals surface area contributed by atoms with Crippen molar-refractivity contribution in [3.8, 4) is 0 Å². The molecular weight excluding hydrogens is 586 g/mol. The molecule has 0 radical (unpaired) electrons. The van der Waals surface area contributed by atoms with Gasteiger partial charge < -0.3 is 28.4 Å². The molecule has 2 saturated heterocycles. The molecule has 0 aliphatic carbocycles. The highest BCUT2D eigenvalue weighted by Gasteiger charge is 2.71. The second-order valence-corrected chi connectivity index (χ2v) is 12.5. The van der Waals surface area contributed by atoms with Crippen LogP contribution in [0.25, 0.3) is 0 Å². The molecule has 18 heteroatoms. The molecule has 2 fully saturated rings. The first-order valence-electron chi connectivity index (χ1n) is 13.2. The number of alkyl halides is 1. The lowest BCUT2D eigenvalue weighted by atomic mass is 9.95. The van der Waals surface area contributed by atoms with Crippen LogP contribution in [0.1, 0.15) is 54.7 Å². The van der Waals surface area contributed by atoms with Gasteiger partial charge in [-0.25, -0.2) is 19.4 Å². The lowest BCUT2D eigenvalue weighted by molar-refractivity contribution is -0.300. The van der Waals surface area contributed by atoms with Gasteiger partial charge in [0.15, 0.2) is 12.3 Å². The van der Waals surface area contributed by atoms with Crippen molar-refractivity contribution < 1.29 is 51.5 Å². The van der Waals surface area contributed by atoms with Crippen molar-refractivity contribution in [2.24, 2.45) is 0 Å². The summed E-state index contributed by atoms with van der Waals surface area (Å²) < 4.78 is 69.3. The predicted octanol–water partition coefficient (Wildman–Crippen LogP) is 0.819. The van der Waals surface area contributed by atoms with E-state index in [0.717, 1.165) is 16.8 Å². The summed E-state index contributed by atoms with van der Waals surface area (Å²) in [6, 6.07) is -1.44. The van der Waals surface area contributed by atoms with Gasteiger partial charge in [-0.05, 0) is 48.5 Å².